The fourth-order valence-electron chi connectivity index (χ4n) is 3.94. The molecule has 0 bridgehead atoms. The minimum atomic E-state index is -0.981. The number of ether oxygens (including phenoxy) is 2. The number of carbonyl (C=O) groups excluding carboxylic acids is 3. The van der Waals surface area contributed by atoms with E-state index in [4.69, 9.17) is 15.2 Å². The van der Waals surface area contributed by atoms with Crippen molar-refractivity contribution in [3.05, 3.63) is 76.6 Å². The van der Waals surface area contributed by atoms with E-state index in [1.807, 2.05) is 6.07 Å². The third kappa shape index (κ3) is 8.16. The first-order chi connectivity index (χ1) is 18.7. The lowest BCUT2D eigenvalue weighted by atomic mass is 10.0. The molecule has 0 spiro atoms. The molecule has 2 atom stereocenters. The summed E-state index contributed by atoms with van der Waals surface area (Å²) in [5.74, 6) is -1.47. The summed E-state index contributed by atoms with van der Waals surface area (Å²) in [6.45, 7) is 7.64. The highest BCUT2D eigenvalue weighted by Gasteiger charge is 2.24. The van der Waals surface area contributed by atoms with Crippen molar-refractivity contribution >= 4 is 40.4 Å². The van der Waals surface area contributed by atoms with E-state index in [9.17, 15) is 19.2 Å². The Morgan fingerprint density at radius 3 is 2.49 bits per heavy atom. The standard InChI is InChI=1S/C28H33N5O6/c1-4-19(15-17-7-12-22-21(16-17)26(36)33-28(29)32-22)30-20-10-8-18(9-11-20)25(35)31-23(27(37)39-6-3)13-14-24(34)38-5-2/h4,7-12,16,19,23,30H,1,5-6,13-15H2,2-3H3,(H,31,35)(H3,29,32,33,36)/t19?,23-/m0/s1. The number of anilines is 2. The Balaban J connectivity index is 1.64. The van der Waals surface area contributed by atoms with Crippen LogP contribution in [0.3, 0.4) is 0 Å². The summed E-state index contributed by atoms with van der Waals surface area (Å²) in [4.78, 5) is 55.7. The van der Waals surface area contributed by atoms with Crippen molar-refractivity contribution in [2.24, 2.45) is 0 Å². The van der Waals surface area contributed by atoms with Gasteiger partial charge in [0.15, 0.2) is 0 Å². The second-order valence-electron chi connectivity index (χ2n) is 8.69. The number of aromatic nitrogens is 2. The van der Waals surface area contributed by atoms with Crippen molar-refractivity contribution in [1.82, 2.24) is 15.3 Å². The van der Waals surface area contributed by atoms with Crippen LogP contribution in [0, 0.1) is 0 Å². The number of rotatable bonds is 13. The highest BCUT2D eigenvalue weighted by Crippen LogP contribution is 2.17. The fourth-order valence-corrected chi connectivity index (χ4v) is 3.94. The van der Waals surface area contributed by atoms with E-state index in [-0.39, 0.29) is 43.6 Å². The second-order valence-corrected chi connectivity index (χ2v) is 8.69. The zero-order chi connectivity index (χ0) is 28.4. The molecule has 39 heavy (non-hydrogen) atoms. The number of hydrogen-bond acceptors (Lipinski definition) is 9. The number of nitrogen functional groups attached to an aromatic ring is 1. The molecule has 1 aromatic heterocycles. The molecule has 0 saturated carbocycles. The molecule has 1 heterocycles. The largest absolute Gasteiger partial charge is 0.466 e. The molecule has 11 nitrogen and oxygen atoms in total. The van der Waals surface area contributed by atoms with Gasteiger partial charge in [-0.05, 0) is 68.7 Å². The number of hydrogen-bond donors (Lipinski definition) is 4. The molecule has 0 fully saturated rings. The first kappa shape index (κ1) is 28.9. The van der Waals surface area contributed by atoms with Crippen molar-refractivity contribution in [1.29, 1.82) is 0 Å². The SMILES string of the molecule is C=CC(Cc1ccc2nc(N)[nH]c(=O)c2c1)Nc1ccc(C(=O)N[C@@H](CCC(=O)OCC)C(=O)OCC)cc1. The number of aromatic amines is 1. The van der Waals surface area contributed by atoms with Gasteiger partial charge < -0.3 is 25.8 Å². The van der Waals surface area contributed by atoms with Gasteiger partial charge in [-0.15, -0.1) is 6.58 Å². The number of amides is 1. The van der Waals surface area contributed by atoms with E-state index in [0.717, 1.165) is 11.3 Å². The third-order valence-electron chi connectivity index (χ3n) is 5.85. The first-order valence-corrected chi connectivity index (χ1v) is 12.6. The van der Waals surface area contributed by atoms with Crippen molar-refractivity contribution < 1.29 is 23.9 Å². The maximum absolute atomic E-state index is 12.8. The first-order valence-electron chi connectivity index (χ1n) is 12.6. The van der Waals surface area contributed by atoms with Crippen LogP contribution in [-0.2, 0) is 25.5 Å². The van der Waals surface area contributed by atoms with Gasteiger partial charge in [-0.25, -0.2) is 9.78 Å². The van der Waals surface area contributed by atoms with Crippen LogP contribution in [0.5, 0.6) is 0 Å². The van der Waals surface area contributed by atoms with Crippen LogP contribution in [0.4, 0.5) is 11.6 Å². The van der Waals surface area contributed by atoms with Crippen molar-refractivity contribution in [3.8, 4) is 0 Å². The Kier molecular flexibility index (Phi) is 10.2. The Morgan fingerprint density at radius 1 is 1.10 bits per heavy atom. The molecule has 3 aromatic rings. The van der Waals surface area contributed by atoms with Gasteiger partial charge in [-0.1, -0.05) is 12.1 Å². The van der Waals surface area contributed by atoms with E-state index in [0.29, 0.717) is 22.9 Å². The summed E-state index contributed by atoms with van der Waals surface area (Å²) in [6, 6.07) is 11.0. The van der Waals surface area contributed by atoms with Gasteiger partial charge in [0.1, 0.15) is 6.04 Å². The van der Waals surface area contributed by atoms with E-state index >= 15 is 0 Å². The number of carbonyl (C=O) groups is 3. The molecule has 206 valence electrons. The van der Waals surface area contributed by atoms with Crippen LogP contribution in [-0.4, -0.2) is 53.1 Å². The predicted molar refractivity (Wildman–Crippen MR) is 148 cm³/mol. The molecule has 1 unspecified atom stereocenters. The van der Waals surface area contributed by atoms with Crippen molar-refractivity contribution in [2.45, 2.75) is 45.2 Å². The van der Waals surface area contributed by atoms with Crippen molar-refractivity contribution in [3.63, 3.8) is 0 Å². The average molecular weight is 536 g/mol. The maximum atomic E-state index is 12.8. The summed E-state index contributed by atoms with van der Waals surface area (Å²) in [6.07, 6.45) is 2.34. The molecular weight excluding hydrogens is 502 g/mol. The number of esters is 2. The second kappa shape index (κ2) is 13.8. The molecule has 0 saturated heterocycles. The Hall–Kier alpha value is -4.67. The third-order valence-corrected chi connectivity index (χ3v) is 5.85. The lowest BCUT2D eigenvalue weighted by molar-refractivity contribution is -0.146. The predicted octanol–water partition coefficient (Wildman–Crippen LogP) is 2.72. The van der Waals surface area contributed by atoms with Crippen LogP contribution >= 0.6 is 0 Å². The molecule has 0 aliphatic heterocycles. The molecule has 0 aliphatic rings. The lowest BCUT2D eigenvalue weighted by Gasteiger charge is -2.18. The van der Waals surface area contributed by atoms with Gasteiger partial charge in [0.2, 0.25) is 5.95 Å². The summed E-state index contributed by atoms with van der Waals surface area (Å²) in [5, 5.41) is 6.43. The molecule has 2 aromatic carbocycles. The van der Waals surface area contributed by atoms with E-state index in [1.54, 1.807) is 56.3 Å². The summed E-state index contributed by atoms with van der Waals surface area (Å²) < 4.78 is 9.94. The Bertz CT molecular complexity index is 1390. The van der Waals surface area contributed by atoms with Gasteiger partial charge in [0, 0.05) is 23.7 Å². The Labute approximate surface area is 225 Å². The number of nitrogens with zero attached hydrogens (tertiary/aromatic N) is 1. The molecular formula is C28H33N5O6. The summed E-state index contributed by atoms with van der Waals surface area (Å²) in [7, 11) is 0. The van der Waals surface area contributed by atoms with Crippen LogP contribution in [0.15, 0.2) is 59.9 Å². The number of fused-ring (bicyclic) bond motifs is 1. The van der Waals surface area contributed by atoms with E-state index < -0.39 is 23.9 Å². The number of nitrogens with one attached hydrogen (secondary N) is 3. The van der Waals surface area contributed by atoms with E-state index in [2.05, 4.69) is 27.2 Å². The number of H-pyrrole nitrogens is 1. The normalized spacial score (nSPS) is 12.3. The van der Waals surface area contributed by atoms with Crippen LogP contribution in [0.1, 0.15) is 42.6 Å². The minimum absolute atomic E-state index is 0.0282. The zero-order valence-electron chi connectivity index (χ0n) is 22.0. The van der Waals surface area contributed by atoms with Gasteiger partial charge in [-0.2, -0.15) is 0 Å². The average Bonchev–Trinajstić information content (AvgIpc) is 2.91. The molecule has 1 amide bonds. The Morgan fingerprint density at radius 2 is 1.82 bits per heavy atom. The van der Waals surface area contributed by atoms with Crippen molar-refractivity contribution in [2.75, 3.05) is 24.3 Å². The monoisotopic (exact) mass is 535 g/mol. The minimum Gasteiger partial charge on any atom is -0.466 e. The fraction of sp³-hybridized carbons (Fsp3) is 0.321. The molecule has 5 N–H and O–H groups in total. The topological polar surface area (TPSA) is 165 Å². The van der Waals surface area contributed by atoms with Gasteiger partial charge in [0.05, 0.1) is 24.1 Å². The van der Waals surface area contributed by atoms with Gasteiger partial charge in [-0.3, -0.25) is 19.4 Å². The quantitative estimate of drug-likeness (QED) is 0.190. The molecule has 3 rings (SSSR count). The number of nitrogens with two attached hydrogens (primary N) is 1. The van der Waals surface area contributed by atoms with Crippen LogP contribution in [0.25, 0.3) is 10.9 Å². The van der Waals surface area contributed by atoms with Gasteiger partial charge in [0.25, 0.3) is 11.5 Å². The lowest BCUT2D eigenvalue weighted by Crippen LogP contribution is -2.42. The molecule has 0 radical (unpaired) electrons. The van der Waals surface area contributed by atoms with Crippen LogP contribution in [0.2, 0.25) is 0 Å². The summed E-state index contributed by atoms with van der Waals surface area (Å²) in [5.41, 5.74) is 7.81. The highest BCUT2D eigenvalue weighted by atomic mass is 16.5. The van der Waals surface area contributed by atoms with E-state index in [1.165, 1.54) is 0 Å². The smallest absolute Gasteiger partial charge is 0.328 e. The summed E-state index contributed by atoms with van der Waals surface area (Å²) >= 11 is 0. The molecule has 0 aliphatic carbocycles. The highest BCUT2D eigenvalue weighted by molar-refractivity contribution is 5.97. The maximum Gasteiger partial charge on any atom is 0.328 e. The molecule has 11 heteroatoms. The number of benzene rings is 2. The van der Waals surface area contributed by atoms with Crippen LogP contribution < -0.4 is 21.9 Å². The zero-order valence-corrected chi connectivity index (χ0v) is 22.0. The van der Waals surface area contributed by atoms with Gasteiger partial charge >= 0.3 is 11.9 Å².